The zero-order valence-corrected chi connectivity index (χ0v) is 13.4. The third-order valence-electron chi connectivity index (χ3n) is 4.64. The first-order valence-corrected chi connectivity index (χ1v) is 7.99. The van der Waals surface area contributed by atoms with Crippen molar-refractivity contribution in [3.63, 3.8) is 0 Å². The Hall–Kier alpha value is -0.240. The first-order valence-electron chi connectivity index (χ1n) is 7.24. The molecule has 0 saturated heterocycles. The van der Waals surface area contributed by atoms with Crippen LogP contribution in [0.1, 0.15) is 51.6 Å². The number of hydrogen-bond acceptors (Lipinski definition) is 1. The van der Waals surface area contributed by atoms with Gasteiger partial charge in [0, 0.05) is 22.1 Å². The molecule has 1 aliphatic rings. The highest BCUT2D eigenvalue weighted by atomic mass is 35.5. The fraction of sp³-hybridized carbons (Fsp3) is 0.625. The van der Waals surface area contributed by atoms with Crippen LogP contribution in [0, 0.1) is 11.8 Å². The molecule has 0 aliphatic heterocycles. The number of hydrogen-bond donors (Lipinski definition) is 1. The minimum atomic E-state index is 0.271. The molecule has 3 heteroatoms. The van der Waals surface area contributed by atoms with Crippen molar-refractivity contribution in [2.24, 2.45) is 11.8 Å². The van der Waals surface area contributed by atoms with Crippen LogP contribution in [0.2, 0.25) is 10.0 Å². The van der Waals surface area contributed by atoms with Gasteiger partial charge in [-0.3, -0.25) is 0 Å². The molecule has 1 fully saturated rings. The summed E-state index contributed by atoms with van der Waals surface area (Å²) in [6, 6.07) is 6.64. The molecule has 0 amide bonds. The topological polar surface area (TPSA) is 12.0 Å². The van der Waals surface area contributed by atoms with E-state index in [1.54, 1.807) is 0 Å². The standard InChI is InChI=1S/C16H23Cl2N/c1-4-12-5-8-16(10(12)2)19-11(3)14-7-6-13(17)9-15(14)18/h6-7,9-12,16,19H,4-5,8H2,1-3H3. The third-order valence-corrected chi connectivity index (χ3v) is 5.21. The van der Waals surface area contributed by atoms with E-state index in [1.165, 1.54) is 19.3 Å². The maximum atomic E-state index is 6.28. The van der Waals surface area contributed by atoms with E-state index in [0.717, 1.165) is 22.4 Å². The van der Waals surface area contributed by atoms with Crippen molar-refractivity contribution >= 4 is 23.2 Å². The Balaban J connectivity index is 2.03. The summed E-state index contributed by atoms with van der Waals surface area (Å²) in [6.45, 7) is 6.85. The Labute approximate surface area is 126 Å². The van der Waals surface area contributed by atoms with Gasteiger partial charge in [-0.15, -0.1) is 0 Å². The number of nitrogens with one attached hydrogen (secondary N) is 1. The lowest BCUT2D eigenvalue weighted by Crippen LogP contribution is -2.34. The van der Waals surface area contributed by atoms with E-state index in [4.69, 9.17) is 23.2 Å². The van der Waals surface area contributed by atoms with E-state index in [2.05, 4.69) is 26.1 Å². The zero-order chi connectivity index (χ0) is 14.0. The van der Waals surface area contributed by atoms with Crippen molar-refractivity contribution in [2.45, 2.75) is 52.1 Å². The van der Waals surface area contributed by atoms with Crippen LogP contribution in [0.5, 0.6) is 0 Å². The Morgan fingerprint density at radius 3 is 2.63 bits per heavy atom. The van der Waals surface area contributed by atoms with Gasteiger partial charge in [-0.2, -0.15) is 0 Å². The Bertz CT molecular complexity index is 433. The van der Waals surface area contributed by atoms with Gasteiger partial charge in [0.25, 0.3) is 0 Å². The second-order valence-electron chi connectivity index (χ2n) is 5.77. The summed E-state index contributed by atoms with van der Waals surface area (Å²) < 4.78 is 0. The molecular formula is C16H23Cl2N. The minimum absolute atomic E-state index is 0.271. The van der Waals surface area contributed by atoms with Crippen LogP contribution in [0.15, 0.2) is 18.2 Å². The summed E-state index contributed by atoms with van der Waals surface area (Å²) in [7, 11) is 0. The molecule has 4 atom stereocenters. The van der Waals surface area contributed by atoms with Crippen molar-refractivity contribution in [3.05, 3.63) is 33.8 Å². The average molecular weight is 300 g/mol. The maximum absolute atomic E-state index is 6.28. The fourth-order valence-corrected chi connectivity index (χ4v) is 3.89. The summed E-state index contributed by atoms with van der Waals surface area (Å²) in [4.78, 5) is 0. The smallest absolute Gasteiger partial charge is 0.0468 e. The summed E-state index contributed by atoms with van der Waals surface area (Å²) >= 11 is 12.2. The Kier molecular flexibility index (Phi) is 5.16. The van der Waals surface area contributed by atoms with Crippen LogP contribution in [-0.2, 0) is 0 Å². The monoisotopic (exact) mass is 299 g/mol. The molecule has 0 bridgehead atoms. The zero-order valence-electron chi connectivity index (χ0n) is 11.9. The minimum Gasteiger partial charge on any atom is -0.307 e. The number of benzene rings is 1. The van der Waals surface area contributed by atoms with E-state index in [9.17, 15) is 0 Å². The molecular weight excluding hydrogens is 277 g/mol. The van der Waals surface area contributed by atoms with E-state index >= 15 is 0 Å². The third kappa shape index (κ3) is 3.45. The first-order chi connectivity index (χ1) is 9.02. The quantitative estimate of drug-likeness (QED) is 0.777. The lowest BCUT2D eigenvalue weighted by atomic mass is 9.93. The number of halogens is 2. The Morgan fingerprint density at radius 2 is 2.05 bits per heavy atom. The average Bonchev–Trinajstić information content (AvgIpc) is 2.70. The van der Waals surface area contributed by atoms with Crippen LogP contribution in [0.3, 0.4) is 0 Å². The van der Waals surface area contributed by atoms with Crippen LogP contribution < -0.4 is 5.32 Å². The van der Waals surface area contributed by atoms with E-state index in [1.807, 2.05) is 18.2 Å². The summed E-state index contributed by atoms with van der Waals surface area (Å²) in [6.07, 6.45) is 3.90. The summed E-state index contributed by atoms with van der Waals surface area (Å²) in [5.41, 5.74) is 1.14. The molecule has 1 N–H and O–H groups in total. The fourth-order valence-electron chi connectivity index (χ4n) is 3.32. The van der Waals surface area contributed by atoms with E-state index < -0.39 is 0 Å². The molecule has 1 saturated carbocycles. The normalized spacial score (nSPS) is 28.6. The van der Waals surface area contributed by atoms with Crippen LogP contribution in [-0.4, -0.2) is 6.04 Å². The van der Waals surface area contributed by atoms with Crippen molar-refractivity contribution in [1.82, 2.24) is 5.32 Å². The summed E-state index contributed by atoms with van der Waals surface area (Å²) in [5.74, 6) is 1.61. The molecule has 1 aromatic carbocycles. The second-order valence-corrected chi connectivity index (χ2v) is 6.61. The molecule has 0 radical (unpaired) electrons. The van der Waals surface area contributed by atoms with Gasteiger partial charge in [-0.25, -0.2) is 0 Å². The van der Waals surface area contributed by atoms with Gasteiger partial charge < -0.3 is 5.32 Å². The molecule has 1 aromatic rings. The van der Waals surface area contributed by atoms with E-state index in [0.29, 0.717) is 11.1 Å². The van der Waals surface area contributed by atoms with Crippen molar-refractivity contribution in [1.29, 1.82) is 0 Å². The van der Waals surface area contributed by atoms with Gasteiger partial charge in [0.15, 0.2) is 0 Å². The molecule has 4 unspecified atom stereocenters. The summed E-state index contributed by atoms with van der Waals surface area (Å²) in [5, 5.41) is 5.19. The van der Waals surface area contributed by atoms with Gasteiger partial charge in [0.1, 0.15) is 0 Å². The maximum Gasteiger partial charge on any atom is 0.0468 e. The highest BCUT2D eigenvalue weighted by Gasteiger charge is 2.32. The molecule has 2 rings (SSSR count). The van der Waals surface area contributed by atoms with Crippen LogP contribution in [0.4, 0.5) is 0 Å². The molecule has 0 aromatic heterocycles. The molecule has 0 heterocycles. The predicted molar refractivity (Wildman–Crippen MR) is 84.0 cm³/mol. The molecule has 106 valence electrons. The molecule has 1 aliphatic carbocycles. The van der Waals surface area contributed by atoms with Crippen molar-refractivity contribution in [3.8, 4) is 0 Å². The molecule has 19 heavy (non-hydrogen) atoms. The van der Waals surface area contributed by atoms with Crippen molar-refractivity contribution < 1.29 is 0 Å². The highest BCUT2D eigenvalue weighted by molar-refractivity contribution is 6.35. The SMILES string of the molecule is CCC1CCC(NC(C)c2ccc(Cl)cc2Cl)C1C. The van der Waals surface area contributed by atoms with Gasteiger partial charge in [0.05, 0.1) is 0 Å². The van der Waals surface area contributed by atoms with Crippen LogP contribution in [0.25, 0.3) is 0 Å². The van der Waals surface area contributed by atoms with Gasteiger partial charge >= 0.3 is 0 Å². The molecule has 1 nitrogen and oxygen atoms in total. The number of rotatable bonds is 4. The lowest BCUT2D eigenvalue weighted by molar-refractivity contribution is 0.327. The second kappa shape index (κ2) is 6.47. The Morgan fingerprint density at radius 1 is 1.32 bits per heavy atom. The molecule has 0 spiro atoms. The van der Waals surface area contributed by atoms with Gasteiger partial charge in [-0.1, -0.05) is 49.5 Å². The lowest BCUT2D eigenvalue weighted by Gasteiger charge is -2.25. The highest BCUT2D eigenvalue weighted by Crippen LogP contribution is 2.36. The van der Waals surface area contributed by atoms with Gasteiger partial charge in [0.2, 0.25) is 0 Å². The van der Waals surface area contributed by atoms with Crippen LogP contribution >= 0.6 is 23.2 Å². The van der Waals surface area contributed by atoms with Gasteiger partial charge in [-0.05, 0) is 49.3 Å². The first kappa shape index (κ1) is 15.2. The van der Waals surface area contributed by atoms with E-state index in [-0.39, 0.29) is 6.04 Å². The predicted octanol–water partition coefficient (Wildman–Crippen LogP) is 5.47. The largest absolute Gasteiger partial charge is 0.307 e. The van der Waals surface area contributed by atoms with Crippen molar-refractivity contribution in [2.75, 3.05) is 0 Å².